The molecule has 1 atom stereocenters. The van der Waals surface area contributed by atoms with Crippen LogP contribution < -0.4 is 5.32 Å². The molecule has 0 amide bonds. The molecule has 0 radical (unpaired) electrons. The lowest BCUT2D eigenvalue weighted by Crippen LogP contribution is -2.44. The number of aliphatic hydroxyl groups excluding tert-OH is 2. The van der Waals surface area contributed by atoms with Crippen LogP contribution >= 0.6 is 11.6 Å². The van der Waals surface area contributed by atoms with Gasteiger partial charge in [-0.2, -0.15) is 0 Å². The first-order valence-electron chi connectivity index (χ1n) is 5.24. The molecule has 16 heavy (non-hydrogen) atoms. The minimum Gasteiger partial charge on any atom is -0.394 e. The third-order valence-electron chi connectivity index (χ3n) is 2.40. The normalized spacial score (nSPS) is 13.8. The molecular weight excluding hydrogens is 226 g/mol. The topological polar surface area (TPSA) is 52.5 Å². The lowest BCUT2D eigenvalue weighted by molar-refractivity contribution is 0.136. The second kappa shape index (κ2) is 5.64. The maximum absolute atomic E-state index is 9.90. The second-order valence-corrected chi connectivity index (χ2v) is 4.93. The standard InChI is InChI=1S/C12H18ClNO2/c1-12(2,8-15)14-7-11(16)9-4-3-5-10(13)6-9/h3-6,11,14-16H,7-8H2,1-2H3/t11-/m1/s1. The molecule has 0 fully saturated rings. The molecule has 0 aliphatic carbocycles. The van der Waals surface area contributed by atoms with E-state index in [1.54, 1.807) is 18.2 Å². The summed E-state index contributed by atoms with van der Waals surface area (Å²) in [6.07, 6.45) is -0.621. The molecule has 0 bridgehead atoms. The largest absolute Gasteiger partial charge is 0.394 e. The van der Waals surface area contributed by atoms with Gasteiger partial charge >= 0.3 is 0 Å². The molecule has 0 unspecified atom stereocenters. The van der Waals surface area contributed by atoms with Gasteiger partial charge in [0.25, 0.3) is 0 Å². The van der Waals surface area contributed by atoms with Gasteiger partial charge in [-0.15, -0.1) is 0 Å². The minimum atomic E-state index is -0.621. The molecule has 3 N–H and O–H groups in total. The first-order valence-corrected chi connectivity index (χ1v) is 5.62. The molecule has 0 aliphatic rings. The summed E-state index contributed by atoms with van der Waals surface area (Å²) in [5.41, 5.74) is 0.383. The number of rotatable bonds is 5. The summed E-state index contributed by atoms with van der Waals surface area (Å²) in [6.45, 7) is 4.15. The Labute approximate surface area is 101 Å². The van der Waals surface area contributed by atoms with E-state index in [1.807, 2.05) is 19.9 Å². The summed E-state index contributed by atoms with van der Waals surface area (Å²) in [5, 5.41) is 22.6. The number of nitrogens with one attached hydrogen (secondary N) is 1. The van der Waals surface area contributed by atoms with Crippen LogP contribution in [0.15, 0.2) is 24.3 Å². The molecule has 1 aromatic carbocycles. The van der Waals surface area contributed by atoms with E-state index in [2.05, 4.69) is 5.32 Å². The van der Waals surface area contributed by atoms with Gasteiger partial charge in [0.15, 0.2) is 0 Å². The first-order chi connectivity index (χ1) is 7.44. The number of hydrogen-bond donors (Lipinski definition) is 3. The van der Waals surface area contributed by atoms with Gasteiger partial charge < -0.3 is 15.5 Å². The summed E-state index contributed by atoms with van der Waals surface area (Å²) < 4.78 is 0. The van der Waals surface area contributed by atoms with E-state index in [1.165, 1.54) is 0 Å². The molecule has 0 saturated heterocycles. The van der Waals surface area contributed by atoms with Crippen molar-refractivity contribution in [3.8, 4) is 0 Å². The quantitative estimate of drug-likeness (QED) is 0.738. The van der Waals surface area contributed by atoms with Crippen LogP contribution in [0.5, 0.6) is 0 Å². The van der Waals surface area contributed by atoms with Crippen LogP contribution in [0.2, 0.25) is 5.02 Å². The molecule has 0 heterocycles. The zero-order valence-electron chi connectivity index (χ0n) is 9.57. The molecular formula is C12H18ClNO2. The lowest BCUT2D eigenvalue weighted by Gasteiger charge is -2.25. The van der Waals surface area contributed by atoms with E-state index < -0.39 is 6.10 Å². The minimum absolute atomic E-state index is 0.0231. The molecule has 1 rings (SSSR count). The van der Waals surface area contributed by atoms with Crippen molar-refractivity contribution in [1.82, 2.24) is 5.32 Å². The highest BCUT2D eigenvalue weighted by atomic mass is 35.5. The summed E-state index contributed by atoms with van der Waals surface area (Å²) in [5.74, 6) is 0. The predicted octanol–water partition coefficient (Wildman–Crippen LogP) is 1.73. The van der Waals surface area contributed by atoms with Gasteiger partial charge in [0.05, 0.1) is 12.7 Å². The van der Waals surface area contributed by atoms with Gasteiger partial charge in [0.2, 0.25) is 0 Å². The van der Waals surface area contributed by atoms with E-state index in [9.17, 15) is 5.11 Å². The summed E-state index contributed by atoms with van der Waals surface area (Å²) in [7, 11) is 0. The van der Waals surface area contributed by atoms with Crippen molar-refractivity contribution in [3.63, 3.8) is 0 Å². The van der Waals surface area contributed by atoms with Gasteiger partial charge in [-0.05, 0) is 31.5 Å². The average molecular weight is 244 g/mol. The molecule has 3 nitrogen and oxygen atoms in total. The van der Waals surface area contributed by atoms with E-state index in [0.29, 0.717) is 11.6 Å². The van der Waals surface area contributed by atoms with Crippen LogP contribution in [0, 0.1) is 0 Å². The zero-order chi connectivity index (χ0) is 12.2. The Kier molecular flexibility index (Phi) is 4.74. The highest BCUT2D eigenvalue weighted by Crippen LogP contribution is 2.17. The highest BCUT2D eigenvalue weighted by Gasteiger charge is 2.17. The molecule has 1 aromatic rings. The summed E-state index contributed by atoms with van der Waals surface area (Å²) in [4.78, 5) is 0. The van der Waals surface area contributed by atoms with Crippen LogP contribution in [0.1, 0.15) is 25.5 Å². The highest BCUT2D eigenvalue weighted by molar-refractivity contribution is 6.30. The lowest BCUT2D eigenvalue weighted by atomic mass is 10.1. The Morgan fingerprint density at radius 2 is 2.12 bits per heavy atom. The monoisotopic (exact) mass is 243 g/mol. The molecule has 90 valence electrons. The van der Waals surface area contributed by atoms with E-state index in [0.717, 1.165) is 5.56 Å². The molecule has 4 heteroatoms. The van der Waals surface area contributed by atoms with Gasteiger partial charge in [-0.1, -0.05) is 23.7 Å². The average Bonchev–Trinajstić information content (AvgIpc) is 2.26. The van der Waals surface area contributed by atoms with Gasteiger partial charge in [-0.25, -0.2) is 0 Å². The van der Waals surface area contributed by atoms with Crippen molar-refractivity contribution in [1.29, 1.82) is 0 Å². The fraction of sp³-hybridized carbons (Fsp3) is 0.500. The Morgan fingerprint density at radius 3 is 2.69 bits per heavy atom. The second-order valence-electron chi connectivity index (χ2n) is 4.49. The number of aliphatic hydroxyl groups is 2. The summed E-state index contributed by atoms with van der Waals surface area (Å²) >= 11 is 5.83. The van der Waals surface area contributed by atoms with Crippen molar-refractivity contribution in [3.05, 3.63) is 34.9 Å². The van der Waals surface area contributed by atoms with Crippen LogP contribution in [0.4, 0.5) is 0 Å². The van der Waals surface area contributed by atoms with Crippen molar-refractivity contribution in [2.75, 3.05) is 13.2 Å². The maximum atomic E-state index is 9.90. The van der Waals surface area contributed by atoms with Crippen molar-refractivity contribution >= 4 is 11.6 Å². The van der Waals surface area contributed by atoms with E-state index in [-0.39, 0.29) is 12.1 Å². The summed E-state index contributed by atoms with van der Waals surface area (Å²) in [6, 6.07) is 7.13. The third kappa shape index (κ3) is 4.10. The Bertz CT molecular complexity index is 342. The molecule has 0 spiro atoms. The molecule has 0 aliphatic heterocycles. The number of β-amino-alcohol motifs (C(OH)–C–C–N with tert-alkyl or cyclic N) is 1. The van der Waals surface area contributed by atoms with Crippen molar-refractivity contribution < 1.29 is 10.2 Å². The van der Waals surface area contributed by atoms with Crippen LogP contribution in [-0.2, 0) is 0 Å². The fourth-order valence-electron chi connectivity index (χ4n) is 1.26. The Morgan fingerprint density at radius 1 is 1.44 bits per heavy atom. The molecule has 0 aromatic heterocycles. The van der Waals surface area contributed by atoms with Crippen LogP contribution in [0.3, 0.4) is 0 Å². The fourth-order valence-corrected chi connectivity index (χ4v) is 1.46. The van der Waals surface area contributed by atoms with Crippen molar-refractivity contribution in [2.45, 2.75) is 25.5 Å². The molecule has 0 saturated carbocycles. The van der Waals surface area contributed by atoms with Crippen LogP contribution in [-0.4, -0.2) is 28.9 Å². The predicted molar refractivity (Wildman–Crippen MR) is 65.6 cm³/mol. The van der Waals surface area contributed by atoms with Gasteiger partial charge in [0, 0.05) is 17.1 Å². The van der Waals surface area contributed by atoms with Crippen molar-refractivity contribution in [2.24, 2.45) is 0 Å². The number of halogens is 1. The van der Waals surface area contributed by atoms with E-state index in [4.69, 9.17) is 16.7 Å². The first kappa shape index (κ1) is 13.5. The zero-order valence-corrected chi connectivity index (χ0v) is 10.3. The third-order valence-corrected chi connectivity index (χ3v) is 2.64. The van der Waals surface area contributed by atoms with Crippen LogP contribution in [0.25, 0.3) is 0 Å². The Balaban J connectivity index is 2.56. The SMILES string of the molecule is CC(C)(CO)NC[C@@H](O)c1cccc(Cl)c1. The van der Waals surface area contributed by atoms with Gasteiger partial charge in [0.1, 0.15) is 0 Å². The maximum Gasteiger partial charge on any atom is 0.0915 e. The van der Waals surface area contributed by atoms with Gasteiger partial charge in [-0.3, -0.25) is 0 Å². The smallest absolute Gasteiger partial charge is 0.0915 e. The Hall–Kier alpha value is -0.610. The number of hydrogen-bond acceptors (Lipinski definition) is 3. The number of benzene rings is 1. The van der Waals surface area contributed by atoms with E-state index >= 15 is 0 Å².